The van der Waals surface area contributed by atoms with Gasteiger partial charge >= 0.3 is 0 Å². The van der Waals surface area contributed by atoms with Crippen molar-refractivity contribution in [2.45, 2.75) is 0 Å². The Kier molecular flexibility index (Phi) is 6.28. The molecule has 5 heteroatoms. The van der Waals surface area contributed by atoms with Gasteiger partial charge in [0.15, 0.2) is 17.5 Å². The molecular weight excluding hydrogens is 581 g/mol. The van der Waals surface area contributed by atoms with Crippen LogP contribution in [0, 0.1) is 0 Å². The fraction of sp³-hybridized carbons (Fsp3) is 0. The third-order valence-corrected chi connectivity index (χ3v) is 9.66. The van der Waals surface area contributed by atoms with Crippen molar-refractivity contribution in [1.29, 1.82) is 0 Å². The van der Waals surface area contributed by atoms with Gasteiger partial charge in [0, 0.05) is 37.9 Å². The lowest BCUT2D eigenvalue weighted by Crippen LogP contribution is -2.02. The van der Waals surface area contributed by atoms with Crippen molar-refractivity contribution < 1.29 is 0 Å². The lowest BCUT2D eigenvalue weighted by atomic mass is 10.1. The number of thiophene rings is 1. The minimum Gasteiger partial charge on any atom is -0.307 e. The maximum atomic E-state index is 5.12. The predicted octanol–water partition coefficient (Wildman–Crippen LogP) is 10.9. The highest BCUT2D eigenvalue weighted by atomic mass is 32.1. The molecule has 0 atom stereocenters. The molecule has 46 heavy (non-hydrogen) atoms. The quantitative estimate of drug-likeness (QED) is 0.196. The van der Waals surface area contributed by atoms with Gasteiger partial charge in [-0.2, -0.15) is 0 Å². The van der Waals surface area contributed by atoms with Crippen LogP contribution < -0.4 is 0 Å². The highest BCUT2D eigenvalue weighted by molar-refractivity contribution is 7.26. The zero-order valence-electron chi connectivity index (χ0n) is 24.7. The molecular formula is C41H26N4S. The maximum absolute atomic E-state index is 5.12. The van der Waals surface area contributed by atoms with E-state index in [4.69, 9.17) is 15.0 Å². The summed E-state index contributed by atoms with van der Waals surface area (Å²) >= 11 is 1.84. The molecule has 0 spiro atoms. The van der Waals surface area contributed by atoms with Gasteiger partial charge in [-0.1, -0.05) is 133 Å². The van der Waals surface area contributed by atoms with Crippen molar-refractivity contribution in [1.82, 2.24) is 19.5 Å². The van der Waals surface area contributed by atoms with Crippen molar-refractivity contribution in [2.75, 3.05) is 0 Å². The van der Waals surface area contributed by atoms with E-state index in [-0.39, 0.29) is 0 Å². The SMILES string of the molecule is c1ccc(-c2ccc(-n3c4c(-c5nc(-c6ccccc6)nc(-c6ccccc6)n5)cccc4c4sc5ccccc5c43)cc2)cc1. The molecule has 3 aromatic heterocycles. The maximum Gasteiger partial charge on any atom is 0.166 e. The van der Waals surface area contributed by atoms with E-state index in [1.54, 1.807) is 0 Å². The molecule has 0 saturated heterocycles. The summed E-state index contributed by atoms with van der Waals surface area (Å²) in [5, 5.41) is 2.42. The van der Waals surface area contributed by atoms with Gasteiger partial charge in [0.05, 0.1) is 15.7 Å². The van der Waals surface area contributed by atoms with Crippen LogP contribution in [0.3, 0.4) is 0 Å². The molecule has 0 aliphatic carbocycles. The van der Waals surface area contributed by atoms with Crippen LogP contribution in [0.1, 0.15) is 0 Å². The Morgan fingerprint density at radius 1 is 0.391 bits per heavy atom. The van der Waals surface area contributed by atoms with Gasteiger partial charge in [-0.15, -0.1) is 11.3 Å². The molecule has 0 radical (unpaired) electrons. The second kappa shape index (κ2) is 10.9. The first-order valence-corrected chi connectivity index (χ1v) is 16.1. The van der Waals surface area contributed by atoms with Crippen molar-refractivity contribution in [3.63, 3.8) is 0 Å². The predicted molar refractivity (Wildman–Crippen MR) is 191 cm³/mol. The van der Waals surface area contributed by atoms with Gasteiger partial charge in [-0.3, -0.25) is 0 Å². The lowest BCUT2D eigenvalue weighted by molar-refractivity contribution is 1.07. The van der Waals surface area contributed by atoms with Crippen molar-refractivity contribution >= 4 is 42.5 Å². The average Bonchev–Trinajstić information content (AvgIpc) is 3.68. The number of fused-ring (bicyclic) bond motifs is 5. The van der Waals surface area contributed by atoms with Crippen LogP contribution in [0.5, 0.6) is 0 Å². The van der Waals surface area contributed by atoms with Crippen LogP contribution in [0.25, 0.3) is 82.2 Å². The van der Waals surface area contributed by atoms with E-state index >= 15 is 0 Å². The fourth-order valence-electron chi connectivity index (χ4n) is 6.32. The number of hydrogen-bond acceptors (Lipinski definition) is 4. The summed E-state index contributed by atoms with van der Waals surface area (Å²) in [4.78, 5) is 15.2. The van der Waals surface area contributed by atoms with E-state index in [1.807, 2.05) is 72.0 Å². The van der Waals surface area contributed by atoms with E-state index < -0.39 is 0 Å². The van der Waals surface area contributed by atoms with Gasteiger partial charge in [0.1, 0.15) is 0 Å². The van der Waals surface area contributed by atoms with Crippen LogP contribution in [0.2, 0.25) is 0 Å². The first kappa shape index (κ1) is 26.5. The molecule has 0 N–H and O–H groups in total. The molecule has 0 bridgehead atoms. The Bertz CT molecular complexity index is 2440. The first-order valence-electron chi connectivity index (χ1n) is 15.3. The number of aromatic nitrogens is 4. The lowest BCUT2D eigenvalue weighted by Gasteiger charge is -2.13. The Balaban J connectivity index is 1.34. The Morgan fingerprint density at radius 3 is 1.57 bits per heavy atom. The summed E-state index contributed by atoms with van der Waals surface area (Å²) in [6.07, 6.45) is 0. The van der Waals surface area contributed by atoms with E-state index in [1.165, 1.54) is 36.8 Å². The van der Waals surface area contributed by atoms with E-state index in [2.05, 4.69) is 102 Å². The highest BCUT2D eigenvalue weighted by Crippen LogP contribution is 2.45. The summed E-state index contributed by atoms with van der Waals surface area (Å²) in [5.74, 6) is 1.95. The second-order valence-corrected chi connectivity index (χ2v) is 12.3. The Morgan fingerprint density at radius 2 is 0.913 bits per heavy atom. The second-order valence-electron chi connectivity index (χ2n) is 11.3. The average molecular weight is 607 g/mol. The van der Waals surface area contributed by atoms with Crippen molar-refractivity contribution in [2.24, 2.45) is 0 Å². The normalized spacial score (nSPS) is 11.5. The van der Waals surface area contributed by atoms with Crippen molar-refractivity contribution in [3.05, 3.63) is 158 Å². The van der Waals surface area contributed by atoms with Crippen LogP contribution in [0.15, 0.2) is 158 Å². The van der Waals surface area contributed by atoms with Crippen LogP contribution in [-0.2, 0) is 0 Å². The van der Waals surface area contributed by atoms with Crippen LogP contribution in [0.4, 0.5) is 0 Å². The zero-order chi connectivity index (χ0) is 30.5. The zero-order valence-corrected chi connectivity index (χ0v) is 25.5. The molecule has 4 nitrogen and oxygen atoms in total. The summed E-state index contributed by atoms with van der Waals surface area (Å²) < 4.78 is 4.93. The smallest absolute Gasteiger partial charge is 0.166 e. The first-order chi connectivity index (χ1) is 22.8. The number of nitrogens with zero attached hydrogens (tertiary/aromatic N) is 4. The molecule has 216 valence electrons. The summed E-state index contributed by atoms with van der Waals surface area (Å²) in [5.41, 5.74) is 8.64. The minimum atomic E-state index is 0.648. The van der Waals surface area contributed by atoms with Gasteiger partial charge in [0.25, 0.3) is 0 Å². The minimum absolute atomic E-state index is 0.648. The Labute approximate surface area is 269 Å². The number of benzene rings is 6. The monoisotopic (exact) mass is 606 g/mol. The van der Waals surface area contributed by atoms with Gasteiger partial charge in [0.2, 0.25) is 0 Å². The third kappa shape index (κ3) is 4.40. The molecule has 0 fully saturated rings. The molecule has 6 aromatic carbocycles. The van der Waals surface area contributed by atoms with E-state index in [0.717, 1.165) is 27.9 Å². The summed E-state index contributed by atoms with van der Waals surface area (Å²) in [6.45, 7) is 0. The van der Waals surface area contributed by atoms with Gasteiger partial charge in [-0.05, 0) is 35.4 Å². The molecule has 9 aromatic rings. The van der Waals surface area contributed by atoms with Crippen molar-refractivity contribution in [3.8, 4) is 51.0 Å². The molecule has 0 saturated carbocycles. The van der Waals surface area contributed by atoms with E-state index in [9.17, 15) is 0 Å². The van der Waals surface area contributed by atoms with Crippen LogP contribution >= 0.6 is 11.3 Å². The largest absolute Gasteiger partial charge is 0.307 e. The molecule has 3 heterocycles. The standard InChI is InChI=1S/C41H26N4S/c1-4-13-27(14-5-1)28-23-25-31(26-24-28)45-36-33(38-37(45)32-19-10-11-22-35(32)46-38)20-12-21-34(36)41-43-39(29-15-6-2-7-16-29)42-40(44-41)30-17-8-3-9-18-30/h1-26H. The molecule has 0 aliphatic rings. The molecule has 0 amide bonds. The molecule has 0 unspecified atom stereocenters. The number of hydrogen-bond donors (Lipinski definition) is 0. The van der Waals surface area contributed by atoms with Crippen LogP contribution in [-0.4, -0.2) is 19.5 Å². The van der Waals surface area contributed by atoms with Gasteiger partial charge < -0.3 is 4.57 Å². The fourth-order valence-corrected chi connectivity index (χ4v) is 7.53. The topological polar surface area (TPSA) is 43.6 Å². The summed E-state index contributed by atoms with van der Waals surface area (Å²) in [6, 6.07) is 54.9. The summed E-state index contributed by atoms with van der Waals surface area (Å²) in [7, 11) is 0. The van der Waals surface area contributed by atoms with Gasteiger partial charge in [-0.25, -0.2) is 15.0 Å². The Hall–Kier alpha value is -5.91. The van der Waals surface area contributed by atoms with E-state index in [0.29, 0.717) is 17.5 Å². The molecule has 0 aliphatic heterocycles. The number of rotatable bonds is 5. The number of para-hydroxylation sites is 1. The third-order valence-electron chi connectivity index (χ3n) is 8.47. The molecule has 9 rings (SSSR count). The highest BCUT2D eigenvalue weighted by Gasteiger charge is 2.22.